The molecular formula is C33H68O3S. The second-order valence-corrected chi connectivity index (χ2v) is 11.9. The fourth-order valence-electron chi connectivity index (χ4n) is 4.86. The van der Waals surface area contributed by atoms with Crippen molar-refractivity contribution in [1.82, 2.24) is 0 Å². The molecule has 0 bridgehead atoms. The van der Waals surface area contributed by atoms with Gasteiger partial charge in [0.15, 0.2) is 0 Å². The standard InChI is InChI=1S/C33H68O3S/c1-4-6-8-10-12-14-16-18-20-22-24-26-28-34-30-33(31-35-32-37-3)36-29-27-25-23-21-19-17-15-13-11-9-7-5-2/h33H,4-32H2,1-3H3. The van der Waals surface area contributed by atoms with E-state index in [1.54, 1.807) is 11.8 Å². The van der Waals surface area contributed by atoms with E-state index in [2.05, 4.69) is 20.1 Å². The van der Waals surface area contributed by atoms with E-state index in [0.29, 0.717) is 13.2 Å². The Morgan fingerprint density at radius 1 is 0.432 bits per heavy atom. The normalized spacial score (nSPS) is 12.4. The van der Waals surface area contributed by atoms with Gasteiger partial charge < -0.3 is 14.2 Å². The lowest BCUT2D eigenvalue weighted by Crippen LogP contribution is -2.26. The molecule has 0 amide bonds. The molecule has 0 aliphatic carbocycles. The first kappa shape index (κ1) is 37.2. The summed E-state index contributed by atoms with van der Waals surface area (Å²) in [6, 6.07) is 0. The van der Waals surface area contributed by atoms with E-state index >= 15 is 0 Å². The van der Waals surface area contributed by atoms with E-state index in [9.17, 15) is 0 Å². The summed E-state index contributed by atoms with van der Waals surface area (Å²) in [7, 11) is 0. The smallest absolute Gasteiger partial charge is 0.104 e. The van der Waals surface area contributed by atoms with Crippen LogP contribution in [-0.4, -0.2) is 44.7 Å². The van der Waals surface area contributed by atoms with E-state index in [4.69, 9.17) is 14.2 Å². The van der Waals surface area contributed by atoms with Crippen LogP contribution in [0.3, 0.4) is 0 Å². The quantitative estimate of drug-likeness (QED) is 0.0606. The molecule has 0 fully saturated rings. The Morgan fingerprint density at radius 3 is 1.19 bits per heavy atom. The van der Waals surface area contributed by atoms with Gasteiger partial charge in [-0.3, -0.25) is 0 Å². The molecule has 0 aromatic heterocycles. The molecule has 0 saturated heterocycles. The van der Waals surface area contributed by atoms with E-state index in [-0.39, 0.29) is 6.10 Å². The van der Waals surface area contributed by atoms with Crippen LogP contribution in [0.2, 0.25) is 0 Å². The van der Waals surface area contributed by atoms with E-state index < -0.39 is 0 Å². The lowest BCUT2D eigenvalue weighted by atomic mass is 10.1. The molecule has 0 N–H and O–H groups in total. The molecule has 224 valence electrons. The Balaban J connectivity index is 3.56. The highest BCUT2D eigenvalue weighted by Crippen LogP contribution is 2.13. The van der Waals surface area contributed by atoms with Gasteiger partial charge in [-0.1, -0.05) is 155 Å². The Morgan fingerprint density at radius 2 is 0.784 bits per heavy atom. The molecule has 0 aromatic carbocycles. The second kappa shape index (κ2) is 34.3. The minimum absolute atomic E-state index is 0.0807. The minimum Gasteiger partial charge on any atom is -0.379 e. The molecule has 0 aromatic rings. The summed E-state index contributed by atoms with van der Waals surface area (Å²) in [6.45, 7) is 7.60. The fraction of sp³-hybridized carbons (Fsp3) is 1.00. The van der Waals surface area contributed by atoms with Crippen LogP contribution >= 0.6 is 11.8 Å². The molecule has 1 unspecified atom stereocenters. The average Bonchev–Trinajstić information content (AvgIpc) is 2.91. The molecule has 0 aliphatic heterocycles. The van der Waals surface area contributed by atoms with Gasteiger partial charge in [0.2, 0.25) is 0 Å². The first-order valence-electron chi connectivity index (χ1n) is 16.6. The van der Waals surface area contributed by atoms with Crippen LogP contribution < -0.4 is 0 Å². The predicted molar refractivity (Wildman–Crippen MR) is 167 cm³/mol. The highest BCUT2D eigenvalue weighted by atomic mass is 32.2. The zero-order valence-electron chi connectivity index (χ0n) is 25.7. The molecule has 0 aliphatic rings. The van der Waals surface area contributed by atoms with Crippen molar-refractivity contribution < 1.29 is 14.2 Å². The molecule has 0 heterocycles. The van der Waals surface area contributed by atoms with Gasteiger partial charge in [0.25, 0.3) is 0 Å². The van der Waals surface area contributed by atoms with Crippen molar-refractivity contribution in [1.29, 1.82) is 0 Å². The maximum atomic E-state index is 6.13. The van der Waals surface area contributed by atoms with Gasteiger partial charge in [-0.25, -0.2) is 0 Å². The number of rotatable bonds is 33. The minimum atomic E-state index is 0.0807. The van der Waals surface area contributed by atoms with Crippen molar-refractivity contribution in [3.63, 3.8) is 0 Å². The summed E-state index contributed by atoms with van der Waals surface area (Å²) in [4.78, 5) is 0. The van der Waals surface area contributed by atoms with Crippen molar-refractivity contribution >= 4 is 11.8 Å². The number of thioether (sulfide) groups is 1. The average molecular weight is 545 g/mol. The van der Waals surface area contributed by atoms with Gasteiger partial charge in [-0.05, 0) is 19.1 Å². The highest BCUT2D eigenvalue weighted by Gasteiger charge is 2.10. The highest BCUT2D eigenvalue weighted by molar-refractivity contribution is 7.98. The molecule has 3 nitrogen and oxygen atoms in total. The van der Waals surface area contributed by atoms with Crippen molar-refractivity contribution in [3.8, 4) is 0 Å². The Hall–Kier alpha value is 0.230. The van der Waals surface area contributed by atoms with Crippen LogP contribution in [0, 0.1) is 0 Å². The van der Waals surface area contributed by atoms with E-state index in [1.807, 2.05) is 0 Å². The van der Waals surface area contributed by atoms with Gasteiger partial charge in [-0.2, -0.15) is 0 Å². The largest absolute Gasteiger partial charge is 0.379 e. The van der Waals surface area contributed by atoms with Gasteiger partial charge in [0.1, 0.15) is 6.10 Å². The zero-order chi connectivity index (χ0) is 26.9. The summed E-state index contributed by atoms with van der Waals surface area (Å²) in [5.74, 6) is 0.733. The molecule has 0 rings (SSSR count). The van der Waals surface area contributed by atoms with Crippen LogP contribution in [0.25, 0.3) is 0 Å². The lowest BCUT2D eigenvalue weighted by Gasteiger charge is -2.18. The second-order valence-electron chi connectivity index (χ2n) is 11.1. The number of unbranched alkanes of at least 4 members (excludes halogenated alkanes) is 22. The topological polar surface area (TPSA) is 27.7 Å². The number of ether oxygens (including phenoxy) is 3. The van der Waals surface area contributed by atoms with Gasteiger partial charge in [0, 0.05) is 13.2 Å². The first-order chi connectivity index (χ1) is 18.3. The van der Waals surface area contributed by atoms with E-state index in [1.165, 1.54) is 148 Å². The van der Waals surface area contributed by atoms with Crippen molar-refractivity contribution in [2.45, 2.75) is 174 Å². The van der Waals surface area contributed by atoms with Crippen LogP contribution in [-0.2, 0) is 14.2 Å². The monoisotopic (exact) mass is 544 g/mol. The number of hydrogen-bond donors (Lipinski definition) is 0. The lowest BCUT2D eigenvalue weighted by molar-refractivity contribution is -0.0545. The third-order valence-corrected chi connectivity index (χ3v) is 7.70. The molecule has 1 atom stereocenters. The maximum absolute atomic E-state index is 6.13. The van der Waals surface area contributed by atoms with E-state index in [0.717, 1.165) is 25.6 Å². The first-order valence-corrected chi connectivity index (χ1v) is 18.0. The summed E-state index contributed by atoms with van der Waals surface area (Å²) < 4.78 is 17.8. The van der Waals surface area contributed by atoms with Crippen LogP contribution in [0.5, 0.6) is 0 Å². The summed E-state index contributed by atoms with van der Waals surface area (Å²) in [6.07, 6.45) is 35.3. The fourth-order valence-corrected chi connectivity index (χ4v) is 5.12. The van der Waals surface area contributed by atoms with Gasteiger partial charge >= 0.3 is 0 Å². The van der Waals surface area contributed by atoms with Crippen molar-refractivity contribution in [2.24, 2.45) is 0 Å². The van der Waals surface area contributed by atoms with Gasteiger partial charge in [0.05, 0.1) is 19.2 Å². The predicted octanol–water partition coefficient (Wildman–Crippen LogP) is 11.1. The van der Waals surface area contributed by atoms with Gasteiger partial charge in [-0.15, -0.1) is 11.8 Å². The summed E-state index contributed by atoms with van der Waals surface area (Å²) >= 11 is 1.72. The van der Waals surface area contributed by atoms with Crippen LogP contribution in [0.15, 0.2) is 0 Å². The molecule has 37 heavy (non-hydrogen) atoms. The Kier molecular flexibility index (Phi) is 34.5. The third-order valence-electron chi connectivity index (χ3n) is 7.30. The molecular weight excluding hydrogens is 476 g/mol. The summed E-state index contributed by atoms with van der Waals surface area (Å²) in [5.41, 5.74) is 0. The SMILES string of the molecule is CCCCCCCCCCCCCCOCC(COCSC)OCCCCCCCCCCCCCC. The van der Waals surface area contributed by atoms with Crippen molar-refractivity contribution in [3.05, 3.63) is 0 Å². The molecule has 0 saturated carbocycles. The Labute approximate surface area is 238 Å². The van der Waals surface area contributed by atoms with Crippen LogP contribution in [0.1, 0.15) is 168 Å². The van der Waals surface area contributed by atoms with Crippen molar-refractivity contribution in [2.75, 3.05) is 38.6 Å². The zero-order valence-corrected chi connectivity index (χ0v) is 26.5. The maximum Gasteiger partial charge on any atom is 0.104 e. The van der Waals surface area contributed by atoms with Crippen LogP contribution in [0.4, 0.5) is 0 Å². The Bertz CT molecular complexity index is 394. The molecule has 0 spiro atoms. The molecule has 0 radical (unpaired) electrons. The number of hydrogen-bond acceptors (Lipinski definition) is 4. The molecule has 4 heteroatoms. The third kappa shape index (κ3) is 32.3. The summed E-state index contributed by atoms with van der Waals surface area (Å²) in [5, 5.41) is 0.